The molecule has 0 saturated carbocycles. The molecule has 26 heavy (non-hydrogen) atoms. The molecule has 2 heterocycles. The van der Waals surface area contributed by atoms with Crippen LogP contribution in [0, 0.1) is 0 Å². The van der Waals surface area contributed by atoms with Crippen LogP contribution in [0.15, 0.2) is 72.0 Å². The standard InChI is InChI=1S/C20H18N4OS/c1-2-26-20-22-19-21-13-12-18(24(19)23-20)16-8-10-17(11-9-16)25-14-15-6-4-3-5-7-15/h3-13H,2,14H2,1H3. The molecule has 4 aromatic rings. The Morgan fingerprint density at radius 1 is 1.00 bits per heavy atom. The molecule has 2 aromatic heterocycles. The number of fused-ring (bicyclic) bond motifs is 1. The number of ether oxygens (including phenoxy) is 1. The summed E-state index contributed by atoms with van der Waals surface area (Å²) < 4.78 is 7.65. The zero-order valence-electron chi connectivity index (χ0n) is 14.4. The van der Waals surface area contributed by atoms with Crippen LogP contribution in [-0.2, 0) is 6.61 Å². The SMILES string of the molecule is CCSc1nc2nccc(-c3ccc(OCc4ccccc4)cc3)n2n1. The largest absolute Gasteiger partial charge is 0.489 e. The zero-order valence-corrected chi connectivity index (χ0v) is 15.2. The number of benzene rings is 2. The van der Waals surface area contributed by atoms with Crippen LogP contribution in [0.5, 0.6) is 5.75 Å². The number of aromatic nitrogens is 4. The summed E-state index contributed by atoms with van der Waals surface area (Å²) in [5, 5.41) is 5.30. The Morgan fingerprint density at radius 3 is 2.58 bits per heavy atom. The summed E-state index contributed by atoms with van der Waals surface area (Å²) in [6, 6.07) is 20.1. The van der Waals surface area contributed by atoms with Gasteiger partial charge in [-0.05, 0) is 41.6 Å². The fraction of sp³-hybridized carbons (Fsp3) is 0.150. The van der Waals surface area contributed by atoms with E-state index >= 15 is 0 Å². The molecule has 0 fully saturated rings. The highest BCUT2D eigenvalue weighted by atomic mass is 32.2. The predicted molar refractivity (Wildman–Crippen MR) is 103 cm³/mol. The summed E-state index contributed by atoms with van der Waals surface area (Å²) >= 11 is 1.61. The van der Waals surface area contributed by atoms with Crippen LogP contribution in [0.2, 0.25) is 0 Å². The molecule has 4 rings (SSSR count). The topological polar surface area (TPSA) is 52.3 Å². The van der Waals surface area contributed by atoms with Gasteiger partial charge in [-0.2, -0.15) is 9.50 Å². The third kappa shape index (κ3) is 3.55. The summed E-state index contributed by atoms with van der Waals surface area (Å²) in [7, 11) is 0. The maximum atomic E-state index is 5.86. The lowest BCUT2D eigenvalue weighted by atomic mass is 10.1. The minimum absolute atomic E-state index is 0.556. The van der Waals surface area contributed by atoms with E-state index in [1.165, 1.54) is 0 Å². The molecule has 130 valence electrons. The molecule has 0 spiro atoms. The van der Waals surface area contributed by atoms with Crippen LogP contribution in [0.25, 0.3) is 17.0 Å². The molecule has 0 atom stereocenters. The summed E-state index contributed by atoms with van der Waals surface area (Å²) in [5.41, 5.74) is 3.15. The normalized spacial score (nSPS) is 11.0. The van der Waals surface area contributed by atoms with E-state index in [9.17, 15) is 0 Å². The van der Waals surface area contributed by atoms with E-state index in [1.807, 2.05) is 48.5 Å². The Bertz CT molecular complexity index is 999. The maximum absolute atomic E-state index is 5.86. The van der Waals surface area contributed by atoms with Crippen LogP contribution in [0.4, 0.5) is 0 Å². The van der Waals surface area contributed by atoms with Crippen molar-refractivity contribution in [1.82, 2.24) is 19.6 Å². The van der Waals surface area contributed by atoms with Gasteiger partial charge in [0.05, 0.1) is 5.69 Å². The zero-order chi connectivity index (χ0) is 17.8. The Labute approximate surface area is 156 Å². The molecule has 0 unspecified atom stereocenters. The van der Waals surface area contributed by atoms with Crippen molar-refractivity contribution in [2.75, 3.05) is 5.75 Å². The van der Waals surface area contributed by atoms with Crippen molar-refractivity contribution in [3.8, 4) is 17.0 Å². The van der Waals surface area contributed by atoms with Crippen molar-refractivity contribution >= 4 is 17.5 Å². The molecule has 0 N–H and O–H groups in total. The van der Waals surface area contributed by atoms with Crippen LogP contribution in [0.3, 0.4) is 0 Å². The van der Waals surface area contributed by atoms with Gasteiger partial charge < -0.3 is 4.74 Å². The van der Waals surface area contributed by atoms with Gasteiger partial charge in [-0.3, -0.25) is 0 Å². The van der Waals surface area contributed by atoms with E-state index in [1.54, 1.807) is 22.5 Å². The average molecular weight is 362 g/mol. The number of hydrogen-bond acceptors (Lipinski definition) is 5. The van der Waals surface area contributed by atoms with Crippen molar-refractivity contribution < 1.29 is 4.74 Å². The Balaban J connectivity index is 1.56. The number of nitrogens with zero attached hydrogens (tertiary/aromatic N) is 4. The highest BCUT2D eigenvalue weighted by Crippen LogP contribution is 2.24. The van der Waals surface area contributed by atoms with Crippen LogP contribution in [-0.4, -0.2) is 25.3 Å². The van der Waals surface area contributed by atoms with Crippen LogP contribution < -0.4 is 4.74 Å². The summed E-state index contributed by atoms with van der Waals surface area (Å²) in [6.45, 7) is 2.64. The Hall–Kier alpha value is -2.86. The van der Waals surface area contributed by atoms with Crippen LogP contribution in [0.1, 0.15) is 12.5 Å². The summed E-state index contributed by atoms with van der Waals surface area (Å²) in [6.07, 6.45) is 1.76. The Kier molecular flexibility index (Phi) is 4.84. The Morgan fingerprint density at radius 2 is 1.81 bits per heavy atom. The third-order valence-corrected chi connectivity index (χ3v) is 4.61. The van der Waals surface area contributed by atoms with Gasteiger partial charge in [0.1, 0.15) is 12.4 Å². The van der Waals surface area contributed by atoms with Gasteiger partial charge in [0.2, 0.25) is 5.16 Å². The quantitative estimate of drug-likeness (QED) is 0.473. The lowest BCUT2D eigenvalue weighted by Gasteiger charge is -2.08. The number of hydrogen-bond donors (Lipinski definition) is 0. The molecule has 0 radical (unpaired) electrons. The average Bonchev–Trinajstić information content (AvgIpc) is 3.10. The fourth-order valence-corrected chi connectivity index (χ4v) is 3.19. The first-order valence-corrected chi connectivity index (χ1v) is 9.44. The first-order chi connectivity index (χ1) is 12.8. The first kappa shape index (κ1) is 16.6. The van der Waals surface area contributed by atoms with Crippen molar-refractivity contribution in [3.05, 3.63) is 72.4 Å². The molecule has 0 aliphatic heterocycles. The predicted octanol–water partition coefficient (Wildman–Crippen LogP) is 4.48. The van der Waals surface area contributed by atoms with E-state index in [0.717, 1.165) is 33.5 Å². The third-order valence-electron chi connectivity index (χ3n) is 3.89. The molecule has 0 aliphatic carbocycles. The maximum Gasteiger partial charge on any atom is 0.253 e. The van der Waals surface area contributed by atoms with Gasteiger partial charge in [-0.25, -0.2) is 4.98 Å². The molecular formula is C20H18N4OS. The highest BCUT2D eigenvalue weighted by molar-refractivity contribution is 7.99. The molecule has 0 saturated heterocycles. The second kappa shape index (κ2) is 7.58. The number of thioether (sulfide) groups is 1. The molecule has 6 heteroatoms. The lowest BCUT2D eigenvalue weighted by Crippen LogP contribution is -1.97. The van der Waals surface area contributed by atoms with E-state index in [0.29, 0.717) is 12.4 Å². The summed E-state index contributed by atoms with van der Waals surface area (Å²) in [5.74, 6) is 2.38. The molecule has 2 aromatic carbocycles. The van der Waals surface area contributed by atoms with E-state index in [-0.39, 0.29) is 0 Å². The summed E-state index contributed by atoms with van der Waals surface area (Å²) in [4.78, 5) is 8.75. The van der Waals surface area contributed by atoms with Gasteiger partial charge in [0, 0.05) is 11.8 Å². The monoisotopic (exact) mass is 362 g/mol. The number of rotatable bonds is 6. The van der Waals surface area contributed by atoms with Crippen molar-refractivity contribution in [2.24, 2.45) is 0 Å². The van der Waals surface area contributed by atoms with Crippen molar-refractivity contribution in [1.29, 1.82) is 0 Å². The second-order valence-corrected chi connectivity index (χ2v) is 6.90. The van der Waals surface area contributed by atoms with Gasteiger partial charge in [-0.1, -0.05) is 49.0 Å². The lowest BCUT2D eigenvalue weighted by molar-refractivity contribution is 0.306. The van der Waals surface area contributed by atoms with Gasteiger partial charge in [0.15, 0.2) is 0 Å². The molecule has 0 amide bonds. The van der Waals surface area contributed by atoms with E-state index in [2.05, 4.69) is 34.1 Å². The highest BCUT2D eigenvalue weighted by Gasteiger charge is 2.10. The van der Waals surface area contributed by atoms with Gasteiger partial charge in [0.25, 0.3) is 5.78 Å². The minimum Gasteiger partial charge on any atom is -0.489 e. The minimum atomic E-state index is 0.556. The van der Waals surface area contributed by atoms with Gasteiger partial charge >= 0.3 is 0 Å². The van der Waals surface area contributed by atoms with Crippen molar-refractivity contribution in [3.63, 3.8) is 0 Å². The molecule has 0 bridgehead atoms. The fourth-order valence-electron chi connectivity index (χ4n) is 2.65. The molecule has 5 nitrogen and oxygen atoms in total. The molecule has 0 aliphatic rings. The molecular weight excluding hydrogens is 344 g/mol. The first-order valence-electron chi connectivity index (χ1n) is 8.45. The van der Waals surface area contributed by atoms with Gasteiger partial charge in [-0.15, -0.1) is 5.10 Å². The van der Waals surface area contributed by atoms with Crippen LogP contribution >= 0.6 is 11.8 Å². The van der Waals surface area contributed by atoms with E-state index in [4.69, 9.17) is 4.74 Å². The van der Waals surface area contributed by atoms with Crippen molar-refractivity contribution in [2.45, 2.75) is 18.7 Å². The smallest absolute Gasteiger partial charge is 0.253 e. The van der Waals surface area contributed by atoms with E-state index < -0.39 is 0 Å². The second-order valence-electron chi connectivity index (χ2n) is 5.67.